The van der Waals surface area contributed by atoms with Gasteiger partial charge >= 0.3 is 0 Å². The van der Waals surface area contributed by atoms with Gasteiger partial charge in [0.2, 0.25) is 0 Å². The van der Waals surface area contributed by atoms with E-state index >= 15 is 0 Å². The van der Waals surface area contributed by atoms with E-state index in [1.807, 2.05) is 26.0 Å². The molecule has 1 aliphatic rings. The van der Waals surface area contributed by atoms with Gasteiger partial charge in [-0.1, -0.05) is 60.2 Å². The molecule has 0 radical (unpaired) electrons. The first-order valence-electron chi connectivity index (χ1n) is 10.2. The van der Waals surface area contributed by atoms with Crippen LogP contribution in [0.15, 0.2) is 72.8 Å². The van der Waals surface area contributed by atoms with E-state index in [0.717, 1.165) is 31.0 Å². The van der Waals surface area contributed by atoms with Crippen molar-refractivity contribution in [3.63, 3.8) is 0 Å². The SMILES string of the molecule is C/C=C\C.Cc1ccc(CNC2CCN(c3ccc4ccccc4n3)C2)cc1. The van der Waals surface area contributed by atoms with E-state index in [0.29, 0.717) is 6.04 Å². The third kappa shape index (κ3) is 5.43. The van der Waals surface area contributed by atoms with Crippen molar-refractivity contribution in [2.45, 2.75) is 39.8 Å². The number of hydrogen-bond donors (Lipinski definition) is 1. The summed E-state index contributed by atoms with van der Waals surface area (Å²) in [6.07, 6.45) is 5.17. The second-order valence-corrected chi connectivity index (χ2v) is 7.33. The van der Waals surface area contributed by atoms with E-state index in [4.69, 9.17) is 4.98 Å². The van der Waals surface area contributed by atoms with Crippen LogP contribution < -0.4 is 10.2 Å². The summed E-state index contributed by atoms with van der Waals surface area (Å²) in [5.74, 6) is 1.09. The van der Waals surface area contributed by atoms with Gasteiger partial charge in [0.25, 0.3) is 0 Å². The summed E-state index contributed by atoms with van der Waals surface area (Å²) in [5, 5.41) is 4.89. The number of benzene rings is 2. The average molecular weight is 374 g/mol. The number of aryl methyl sites for hydroxylation is 1. The fraction of sp³-hybridized carbons (Fsp3) is 0.320. The van der Waals surface area contributed by atoms with Gasteiger partial charge in [0.15, 0.2) is 0 Å². The predicted molar refractivity (Wildman–Crippen MR) is 121 cm³/mol. The molecular weight excluding hydrogens is 342 g/mol. The Morgan fingerprint density at radius 2 is 1.75 bits per heavy atom. The van der Waals surface area contributed by atoms with Gasteiger partial charge in [-0.25, -0.2) is 4.98 Å². The molecule has 1 aliphatic heterocycles. The molecule has 3 heteroatoms. The number of aromatic nitrogens is 1. The molecule has 28 heavy (non-hydrogen) atoms. The predicted octanol–water partition coefficient (Wildman–Crippen LogP) is 5.49. The van der Waals surface area contributed by atoms with Gasteiger partial charge in [0, 0.05) is 31.1 Å². The zero-order valence-corrected chi connectivity index (χ0v) is 17.2. The average Bonchev–Trinajstić information content (AvgIpc) is 3.22. The lowest BCUT2D eigenvalue weighted by molar-refractivity contribution is 0.551. The fourth-order valence-electron chi connectivity index (χ4n) is 3.33. The van der Waals surface area contributed by atoms with Crippen LogP contribution in [0.1, 0.15) is 31.4 Å². The van der Waals surface area contributed by atoms with E-state index in [9.17, 15) is 0 Å². The van der Waals surface area contributed by atoms with Crippen LogP contribution in [0, 0.1) is 6.92 Å². The summed E-state index contributed by atoms with van der Waals surface area (Å²) in [5.41, 5.74) is 3.74. The topological polar surface area (TPSA) is 28.2 Å². The molecule has 2 heterocycles. The smallest absolute Gasteiger partial charge is 0.129 e. The maximum Gasteiger partial charge on any atom is 0.129 e. The molecule has 4 rings (SSSR count). The standard InChI is InChI=1S/C21H23N3.C4H8/c1-16-6-8-17(9-7-16)14-22-19-12-13-24(15-19)21-11-10-18-4-2-3-5-20(18)23-21;1-3-4-2/h2-11,19,22H,12-15H2,1H3;3-4H,1-2H3/b;4-3-. The molecule has 3 aromatic rings. The maximum absolute atomic E-state index is 4.82. The Morgan fingerprint density at radius 3 is 2.50 bits per heavy atom. The van der Waals surface area contributed by atoms with Gasteiger partial charge in [-0.05, 0) is 51.0 Å². The number of nitrogens with one attached hydrogen (secondary N) is 1. The zero-order chi connectivity index (χ0) is 19.8. The second kappa shape index (κ2) is 10.0. The highest BCUT2D eigenvalue weighted by atomic mass is 15.2. The molecule has 1 atom stereocenters. The van der Waals surface area contributed by atoms with Gasteiger partial charge in [0.05, 0.1) is 5.52 Å². The van der Waals surface area contributed by atoms with Gasteiger partial charge in [0.1, 0.15) is 5.82 Å². The third-order valence-corrected chi connectivity index (χ3v) is 5.14. The molecule has 2 aromatic carbocycles. The summed E-state index contributed by atoms with van der Waals surface area (Å²) >= 11 is 0. The summed E-state index contributed by atoms with van der Waals surface area (Å²) in [6.45, 7) is 9.15. The molecule has 1 saturated heterocycles. The second-order valence-electron chi connectivity index (χ2n) is 7.33. The Kier molecular flexibility index (Phi) is 7.21. The van der Waals surface area contributed by atoms with Crippen molar-refractivity contribution in [3.05, 3.63) is 83.9 Å². The highest BCUT2D eigenvalue weighted by Gasteiger charge is 2.23. The van der Waals surface area contributed by atoms with Gasteiger partial charge in [-0.2, -0.15) is 0 Å². The number of nitrogens with zero attached hydrogens (tertiary/aromatic N) is 2. The quantitative estimate of drug-likeness (QED) is 0.613. The molecule has 1 N–H and O–H groups in total. The summed E-state index contributed by atoms with van der Waals surface area (Å²) in [6, 6.07) is 21.9. The van der Waals surface area contributed by atoms with Crippen LogP contribution in [-0.4, -0.2) is 24.1 Å². The number of pyridine rings is 1. The van der Waals surface area contributed by atoms with E-state index in [-0.39, 0.29) is 0 Å². The normalized spacial score (nSPS) is 16.4. The number of fused-ring (bicyclic) bond motifs is 1. The van der Waals surface area contributed by atoms with Crippen LogP contribution in [-0.2, 0) is 6.54 Å². The fourth-order valence-corrected chi connectivity index (χ4v) is 3.33. The van der Waals surface area contributed by atoms with Crippen LogP contribution in [0.5, 0.6) is 0 Å². The Morgan fingerprint density at radius 1 is 1.00 bits per heavy atom. The van der Waals surface area contributed by atoms with E-state index in [2.05, 4.69) is 77.8 Å². The molecule has 0 bridgehead atoms. The first kappa shape index (κ1) is 20.1. The molecule has 1 fully saturated rings. The van der Waals surface area contributed by atoms with Crippen molar-refractivity contribution in [1.29, 1.82) is 0 Å². The Hall–Kier alpha value is -2.65. The Bertz CT molecular complexity index is 895. The monoisotopic (exact) mass is 373 g/mol. The number of allylic oxidation sites excluding steroid dienone is 2. The Balaban J connectivity index is 0.000000516. The highest BCUT2D eigenvalue weighted by Crippen LogP contribution is 2.22. The van der Waals surface area contributed by atoms with E-state index in [1.54, 1.807) is 0 Å². The minimum Gasteiger partial charge on any atom is -0.355 e. The molecular formula is C25H31N3. The lowest BCUT2D eigenvalue weighted by Gasteiger charge is -2.18. The zero-order valence-electron chi connectivity index (χ0n) is 17.2. The van der Waals surface area contributed by atoms with Crippen molar-refractivity contribution in [2.75, 3.05) is 18.0 Å². The van der Waals surface area contributed by atoms with Crippen molar-refractivity contribution in [1.82, 2.24) is 10.3 Å². The van der Waals surface area contributed by atoms with Gasteiger partial charge in [-0.15, -0.1) is 0 Å². The summed E-state index contributed by atoms with van der Waals surface area (Å²) in [7, 11) is 0. The number of hydrogen-bond acceptors (Lipinski definition) is 3. The van der Waals surface area contributed by atoms with Crippen molar-refractivity contribution in [2.24, 2.45) is 0 Å². The van der Waals surface area contributed by atoms with Crippen LogP contribution >= 0.6 is 0 Å². The van der Waals surface area contributed by atoms with Crippen molar-refractivity contribution in [3.8, 4) is 0 Å². The molecule has 1 aromatic heterocycles. The minimum atomic E-state index is 0.527. The van der Waals surface area contributed by atoms with E-state index < -0.39 is 0 Å². The molecule has 146 valence electrons. The molecule has 1 unspecified atom stereocenters. The van der Waals surface area contributed by atoms with E-state index in [1.165, 1.54) is 22.9 Å². The van der Waals surface area contributed by atoms with Crippen LogP contribution in [0.2, 0.25) is 0 Å². The maximum atomic E-state index is 4.82. The molecule has 0 amide bonds. The largest absolute Gasteiger partial charge is 0.355 e. The highest BCUT2D eigenvalue weighted by molar-refractivity contribution is 5.80. The minimum absolute atomic E-state index is 0.527. The van der Waals surface area contributed by atoms with Crippen LogP contribution in [0.3, 0.4) is 0 Å². The van der Waals surface area contributed by atoms with Crippen molar-refractivity contribution < 1.29 is 0 Å². The molecule has 0 saturated carbocycles. The first-order valence-corrected chi connectivity index (χ1v) is 10.2. The van der Waals surface area contributed by atoms with Crippen LogP contribution in [0.4, 0.5) is 5.82 Å². The number of para-hydroxylation sites is 1. The number of rotatable bonds is 4. The Labute approximate surface area is 169 Å². The molecule has 0 spiro atoms. The van der Waals surface area contributed by atoms with Gasteiger partial charge < -0.3 is 10.2 Å². The third-order valence-electron chi connectivity index (χ3n) is 5.14. The van der Waals surface area contributed by atoms with Crippen LogP contribution in [0.25, 0.3) is 10.9 Å². The lowest BCUT2D eigenvalue weighted by atomic mass is 10.1. The molecule has 0 aliphatic carbocycles. The first-order chi connectivity index (χ1) is 13.7. The summed E-state index contributed by atoms with van der Waals surface area (Å²) < 4.78 is 0. The molecule has 3 nitrogen and oxygen atoms in total. The summed E-state index contributed by atoms with van der Waals surface area (Å²) in [4.78, 5) is 7.21. The van der Waals surface area contributed by atoms with Crippen molar-refractivity contribution >= 4 is 16.7 Å². The lowest BCUT2D eigenvalue weighted by Crippen LogP contribution is -2.32. The van der Waals surface area contributed by atoms with Gasteiger partial charge in [-0.3, -0.25) is 0 Å². The number of anilines is 1.